The topological polar surface area (TPSA) is 100 Å². The lowest BCUT2D eigenvalue weighted by Gasteiger charge is -2.37. The molecule has 1 fully saturated rings. The van der Waals surface area contributed by atoms with Crippen molar-refractivity contribution in [2.24, 2.45) is 0 Å². The Kier molecular flexibility index (Phi) is 9.57. The fourth-order valence-electron chi connectivity index (χ4n) is 4.31. The van der Waals surface area contributed by atoms with Crippen molar-refractivity contribution >= 4 is 58.1 Å². The van der Waals surface area contributed by atoms with Gasteiger partial charge in [-0.15, -0.1) is 0 Å². The van der Waals surface area contributed by atoms with Crippen LogP contribution in [0.2, 0.25) is 5.02 Å². The minimum absolute atomic E-state index is 0.0158. The van der Waals surface area contributed by atoms with Gasteiger partial charge in [-0.05, 0) is 67.7 Å². The highest BCUT2D eigenvalue weighted by Crippen LogP contribution is 2.29. The second kappa shape index (κ2) is 13.3. The van der Waals surface area contributed by atoms with Crippen LogP contribution in [0.15, 0.2) is 66.7 Å². The molecule has 0 bridgehead atoms. The SMILES string of the molecule is CCOc1ccc(C(=O)NC(=S)Nc2cc(C(=O)OC)ccc2N2CCN(C(=O)c3ccccc3)CC2)cc1Cl. The zero-order chi connectivity index (χ0) is 28.6. The number of hydrogen-bond acceptors (Lipinski definition) is 7. The van der Waals surface area contributed by atoms with Crippen LogP contribution in [0.3, 0.4) is 0 Å². The van der Waals surface area contributed by atoms with Crippen molar-refractivity contribution < 1.29 is 23.9 Å². The maximum Gasteiger partial charge on any atom is 0.337 e. The summed E-state index contributed by atoms with van der Waals surface area (Å²) in [5.41, 5.74) is 2.55. The fourth-order valence-corrected chi connectivity index (χ4v) is 4.75. The van der Waals surface area contributed by atoms with Crippen LogP contribution in [0.25, 0.3) is 0 Å². The summed E-state index contributed by atoms with van der Waals surface area (Å²) in [6.45, 7) is 4.46. The molecule has 0 atom stereocenters. The molecule has 1 saturated heterocycles. The van der Waals surface area contributed by atoms with Gasteiger partial charge in [0.2, 0.25) is 0 Å². The summed E-state index contributed by atoms with van der Waals surface area (Å²) in [6, 6.07) is 19.0. The Labute approximate surface area is 243 Å². The van der Waals surface area contributed by atoms with Gasteiger partial charge in [0.15, 0.2) is 5.11 Å². The highest BCUT2D eigenvalue weighted by molar-refractivity contribution is 7.80. The lowest BCUT2D eigenvalue weighted by Crippen LogP contribution is -2.49. The summed E-state index contributed by atoms with van der Waals surface area (Å²) < 4.78 is 10.3. The number of anilines is 2. The van der Waals surface area contributed by atoms with Crippen molar-refractivity contribution in [2.45, 2.75) is 6.92 Å². The molecule has 0 aromatic heterocycles. The van der Waals surface area contributed by atoms with Gasteiger partial charge in [0.05, 0.1) is 35.7 Å². The van der Waals surface area contributed by atoms with E-state index in [1.807, 2.05) is 30.0 Å². The van der Waals surface area contributed by atoms with Gasteiger partial charge in [-0.3, -0.25) is 14.9 Å². The normalized spacial score (nSPS) is 12.9. The van der Waals surface area contributed by atoms with E-state index in [-0.39, 0.29) is 11.0 Å². The molecule has 208 valence electrons. The van der Waals surface area contributed by atoms with E-state index in [9.17, 15) is 14.4 Å². The molecule has 3 aromatic carbocycles. The molecule has 0 unspecified atom stereocenters. The van der Waals surface area contributed by atoms with Gasteiger partial charge in [0.25, 0.3) is 11.8 Å². The van der Waals surface area contributed by atoms with Crippen molar-refractivity contribution in [3.8, 4) is 5.75 Å². The molecule has 1 heterocycles. The second-order valence-corrected chi connectivity index (χ2v) is 9.67. The van der Waals surface area contributed by atoms with Crippen molar-refractivity contribution in [3.05, 3.63) is 88.4 Å². The highest BCUT2D eigenvalue weighted by Gasteiger charge is 2.24. The molecule has 0 spiro atoms. The van der Waals surface area contributed by atoms with Gasteiger partial charge in [0.1, 0.15) is 5.75 Å². The van der Waals surface area contributed by atoms with E-state index >= 15 is 0 Å². The van der Waals surface area contributed by atoms with Gasteiger partial charge >= 0.3 is 5.97 Å². The summed E-state index contributed by atoms with van der Waals surface area (Å²) in [4.78, 5) is 41.8. The van der Waals surface area contributed by atoms with Gasteiger partial charge in [-0.1, -0.05) is 29.8 Å². The molecule has 1 aliphatic heterocycles. The van der Waals surface area contributed by atoms with Crippen LogP contribution >= 0.6 is 23.8 Å². The monoisotopic (exact) mass is 580 g/mol. The van der Waals surface area contributed by atoms with E-state index in [4.69, 9.17) is 33.3 Å². The lowest BCUT2D eigenvalue weighted by molar-refractivity contribution is 0.0600. The number of halogens is 1. The van der Waals surface area contributed by atoms with Crippen LogP contribution in [0.4, 0.5) is 11.4 Å². The number of rotatable bonds is 7. The minimum atomic E-state index is -0.508. The Morgan fingerprint density at radius 3 is 2.27 bits per heavy atom. The first-order valence-electron chi connectivity index (χ1n) is 12.7. The number of amides is 2. The van der Waals surface area contributed by atoms with Gasteiger partial charge in [-0.25, -0.2) is 4.79 Å². The van der Waals surface area contributed by atoms with Crippen molar-refractivity contribution in [1.82, 2.24) is 10.2 Å². The number of piperazine rings is 1. The Bertz CT molecular complexity index is 1410. The first-order chi connectivity index (χ1) is 19.3. The highest BCUT2D eigenvalue weighted by atomic mass is 35.5. The van der Waals surface area contributed by atoms with Crippen LogP contribution < -0.4 is 20.3 Å². The number of thiocarbonyl (C=S) groups is 1. The van der Waals surface area contributed by atoms with E-state index in [1.165, 1.54) is 13.2 Å². The summed E-state index contributed by atoms with van der Waals surface area (Å²) in [5.74, 6) is -0.498. The van der Waals surface area contributed by atoms with E-state index in [2.05, 4.69) is 15.5 Å². The number of nitrogens with one attached hydrogen (secondary N) is 2. The Morgan fingerprint density at radius 1 is 0.925 bits per heavy atom. The number of carbonyl (C=O) groups is 3. The number of benzene rings is 3. The molecule has 4 rings (SSSR count). The van der Waals surface area contributed by atoms with Gasteiger partial charge in [-0.2, -0.15) is 0 Å². The first-order valence-corrected chi connectivity index (χ1v) is 13.5. The maximum atomic E-state index is 12.9. The number of methoxy groups -OCH3 is 1. The van der Waals surface area contributed by atoms with Gasteiger partial charge < -0.3 is 24.6 Å². The Hall–Kier alpha value is -4.15. The summed E-state index contributed by atoms with van der Waals surface area (Å²) in [7, 11) is 1.30. The van der Waals surface area contributed by atoms with Crippen LogP contribution in [0.1, 0.15) is 38.0 Å². The van der Waals surface area contributed by atoms with E-state index in [0.29, 0.717) is 65.9 Å². The first kappa shape index (κ1) is 28.8. The molecule has 11 heteroatoms. The number of ether oxygens (including phenoxy) is 2. The third-order valence-corrected chi connectivity index (χ3v) is 6.81. The molecule has 9 nitrogen and oxygen atoms in total. The predicted molar refractivity (Wildman–Crippen MR) is 159 cm³/mol. The van der Waals surface area contributed by atoms with Crippen LogP contribution in [0.5, 0.6) is 5.75 Å². The van der Waals surface area contributed by atoms with E-state index in [1.54, 1.807) is 42.5 Å². The number of carbonyl (C=O) groups excluding carboxylic acids is 3. The minimum Gasteiger partial charge on any atom is -0.492 e. The molecule has 0 radical (unpaired) electrons. The third kappa shape index (κ3) is 6.88. The van der Waals surface area contributed by atoms with E-state index in [0.717, 1.165) is 5.69 Å². The van der Waals surface area contributed by atoms with Crippen LogP contribution in [-0.4, -0.2) is 67.7 Å². The zero-order valence-electron chi connectivity index (χ0n) is 22.1. The second-order valence-electron chi connectivity index (χ2n) is 8.86. The van der Waals surface area contributed by atoms with Crippen molar-refractivity contribution in [1.29, 1.82) is 0 Å². The molecule has 0 aliphatic carbocycles. The molecular formula is C29H29ClN4O5S. The number of nitrogens with zero attached hydrogens (tertiary/aromatic N) is 2. The largest absolute Gasteiger partial charge is 0.492 e. The lowest BCUT2D eigenvalue weighted by atomic mass is 10.1. The molecule has 2 amide bonds. The van der Waals surface area contributed by atoms with Crippen LogP contribution in [0, 0.1) is 0 Å². The maximum absolute atomic E-state index is 12.9. The molecular weight excluding hydrogens is 552 g/mol. The summed E-state index contributed by atoms with van der Waals surface area (Å²) >= 11 is 11.7. The Morgan fingerprint density at radius 2 is 1.62 bits per heavy atom. The standard InChI is InChI=1S/C29H29ClN4O5S/c1-3-39-25-12-10-20(17-22(25)30)26(35)32-29(40)31-23-18-21(28(37)38-2)9-11-24(23)33-13-15-34(16-14-33)27(36)19-7-5-4-6-8-19/h4-12,17-18H,3,13-16H2,1-2H3,(H2,31,32,35,40). The quantitative estimate of drug-likeness (QED) is 0.309. The van der Waals surface area contributed by atoms with Gasteiger partial charge in [0, 0.05) is 37.3 Å². The Balaban J connectivity index is 1.48. The van der Waals surface area contributed by atoms with Crippen LogP contribution in [-0.2, 0) is 4.74 Å². The fraction of sp³-hybridized carbons (Fsp3) is 0.241. The number of hydrogen-bond donors (Lipinski definition) is 2. The van der Waals surface area contributed by atoms with E-state index < -0.39 is 11.9 Å². The molecule has 0 saturated carbocycles. The smallest absolute Gasteiger partial charge is 0.337 e. The van der Waals surface area contributed by atoms with Crippen molar-refractivity contribution in [2.75, 3.05) is 50.1 Å². The average Bonchev–Trinajstić information content (AvgIpc) is 2.98. The molecule has 40 heavy (non-hydrogen) atoms. The third-order valence-electron chi connectivity index (χ3n) is 6.32. The summed E-state index contributed by atoms with van der Waals surface area (Å²) in [6.07, 6.45) is 0. The summed E-state index contributed by atoms with van der Waals surface area (Å²) in [5, 5.41) is 6.05. The number of esters is 1. The average molecular weight is 581 g/mol. The van der Waals surface area contributed by atoms with Crippen molar-refractivity contribution in [3.63, 3.8) is 0 Å². The molecule has 2 N–H and O–H groups in total. The zero-order valence-corrected chi connectivity index (χ0v) is 23.7. The predicted octanol–water partition coefficient (Wildman–Crippen LogP) is 4.61. The molecule has 3 aromatic rings. The molecule has 1 aliphatic rings.